The van der Waals surface area contributed by atoms with E-state index in [2.05, 4.69) is 18.7 Å². The molecule has 3 fully saturated rings. The van der Waals surface area contributed by atoms with Crippen LogP contribution >= 0.6 is 0 Å². The van der Waals surface area contributed by atoms with E-state index in [1.54, 1.807) is 13.2 Å². The number of ether oxygens (including phenoxy) is 1. The number of hydrogen-bond acceptors (Lipinski definition) is 7. The second-order valence-corrected chi connectivity index (χ2v) is 12.3. The quantitative estimate of drug-likeness (QED) is 0.664. The van der Waals surface area contributed by atoms with Gasteiger partial charge in [-0.25, -0.2) is 0 Å². The molecule has 184 valence electrons. The molecule has 0 unspecified atom stereocenters. The molecule has 0 radical (unpaired) electrons. The predicted octanol–water partition coefficient (Wildman–Crippen LogP) is 3.49. The number of benzene rings is 1. The minimum Gasteiger partial charge on any atom is -0.762 e. The molecule has 4 heterocycles. The minimum atomic E-state index is -1.07. The van der Waals surface area contributed by atoms with Crippen molar-refractivity contribution in [2.45, 2.75) is 82.3 Å². The Morgan fingerprint density at radius 1 is 1.21 bits per heavy atom. The van der Waals surface area contributed by atoms with Gasteiger partial charge in [-0.3, -0.25) is 19.7 Å². The number of hydrogen-bond donors (Lipinski definition) is 1. The number of hydroxylamine groups is 2. The number of Topliss-reactive ketones (excluding diaryl/α,β-unsaturated/α-hetero) is 1. The lowest BCUT2D eigenvalue weighted by atomic mass is 9.60. The van der Waals surface area contributed by atoms with E-state index in [-0.39, 0.29) is 35.7 Å². The summed E-state index contributed by atoms with van der Waals surface area (Å²) in [7, 11) is 1.54. The van der Waals surface area contributed by atoms with Crippen LogP contribution in [0.3, 0.4) is 0 Å². The van der Waals surface area contributed by atoms with Gasteiger partial charge < -0.3 is 20.1 Å². The number of ketones is 1. The third-order valence-corrected chi connectivity index (χ3v) is 10.1. The molecule has 0 aromatic heterocycles. The molecule has 5 aliphatic rings. The topological polar surface area (TPSA) is 96.4 Å². The van der Waals surface area contributed by atoms with Crippen molar-refractivity contribution in [3.63, 3.8) is 0 Å². The number of carbonyl (C=O) groups is 2. The van der Waals surface area contributed by atoms with Gasteiger partial charge in [0.05, 0.1) is 29.3 Å². The molecular weight excluding hydrogens is 434 g/mol. The lowest BCUT2D eigenvalue weighted by molar-refractivity contribution is -0.178. The fourth-order valence-electron chi connectivity index (χ4n) is 8.64. The van der Waals surface area contributed by atoms with Gasteiger partial charge in [0.2, 0.25) is 5.91 Å². The second-order valence-electron chi connectivity index (χ2n) is 12.3. The number of rotatable bonds is 2. The highest BCUT2D eigenvalue weighted by molar-refractivity contribution is 6.19. The molecular formula is C26H34N3O5-. The highest BCUT2D eigenvalue weighted by atomic mass is 16.8. The molecule has 1 amide bonds. The van der Waals surface area contributed by atoms with E-state index in [1.807, 2.05) is 24.8 Å². The van der Waals surface area contributed by atoms with E-state index in [9.17, 15) is 20.0 Å². The van der Waals surface area contributed by atoms with E-state index in [0.717, 1.165) is 31.4 Å². The Hall–Kier alpha value is -2.00. The summed E-state index contributed by atoms with van der Waals surface area (Å²) in [5.74, 6) is 0.222. The van der Waals surface area contributed by atoms with E-state index in [4.69, 9.17) is 4.74 Å². The summed E-state index contributed by atoms with van der Waals surface area (Å²) in [5, 5.41) is 23.8. The van der Waals surface area contributed by atoms with Gasteiger partial charge in [-0.1, -0.05) is 19.9 Å². The van der Waals surface area contributed by atoms with E-state index < -0.39 is 21.9 Å². The Bertz CT molecular complexity index is 1110. The SMILES string of the molecule is COc1ccc2c3c1C(=O)CC(C)(C)N3C(=O)[C@@]21C[C@@]2(N([O-])O)CN3CCC[C@@H]3C[C@H]2C1(C)C. The molecule has 6 rings (SSSR count). The lowest BCUT2D eigenvalue weighted by Crippen LogP contribution is -2.61. The van der Waals surface area contributed by atoms with Crippen LogP contribution in [-0.4, -0.2) is 64.3 Å². The third-order valence-electron chi connectivity index (χ3n) is 10.1. The van der Waals surface area contributed by atoms with E-state index in [1.165, 1.54) is 0 Å². The number of amides is 1. The van der Waals surface area contributed by atoms with Crippen molar-refractivity contribution in [1.29, 1.82) is 0 Å². The average Bonchev–Trinajstić information content (AvgIpc) is 3.37. The average molecular weight is 469 g/mol. The van der Waals surface area contributed by atoms with Crippen molar-refractivity contribution in [2.24, 2.45) is 11.3 Å². The van der Waals surface area contributed by atoms with Gasteiger partial charge in [-0.2, -0.15) is 0 Å². The van der Waals surface area contributed by atoms with Gasteiger partial charge in [-0.05, 0) is 69.0 Å². The molecule has 2 saturated heterocycles. The van der Waals surface area contributed by atoms with Gasteiger partial charge in [0.15, 0.2) is 5.78 Å². The molecule has 1 aliphatic carbocycles. The van der Waals surface area contributed by atoms with E-state index >= 15 is 0 Å². The molecule has 0 bridgehead atoms. The number of anilines is 1. The largest absolute Gasteiger partial charge is 0.762 e. The van der Waals surface area contributed by atoms with E-state index in [0.29, 0.717) is 29.6 Å². The maximum Gasteiger partial charge on any atom is 0.238 e. The van der Waals surface area contributed by atoms with Gasteiger partial charge in [-0.15, -0.1) is 0 Å². The van der Waals surface area contributed by atoms with Crippen LogP contribution < -0.4 is 9.64 Å². The predicted molar refractivity (Wildman–Crippen MR) is 126 cm³/mol. The Morgan fingerprint density at radius 3 is 2.62 bits per heavy atom. The normalized spacial score (nSPS) is 37.4. The summed E-state index contributed by atoms with van der Waals surface area (Å²) in [4.78, 5) is 32.1. The van der Waals surface area contributed by atoms with Crippen molar-refractivity contribution in [1.82, 2.24) is 10.1 Å². The fourth-order valence-corrected chi connectivity index (χ4v) is 8.64. The van der Waals surface area contributed by atoms with Crippen molar-refractivity contribution in [2.75, 3.05) is 25.1 Å². The molecule has 8 heteroatoms. The Labute approximate surface area is 200 Å². The van der Waals surface area contributed by atoms with Crippen LogP contribution in [-0.2, 0) is 10.2 Å². The molecule has 4 atom stereocenters. The lowest BCUT2D eigenvalue weighted by Gasteiger charge is -2.55. The molecule has 1 spiro atoms. The van der Waals surface area contributed by atoms with Gasteiger partial charge in [0.1, 0.15) is 5.75 Å². The zero-order chi connectivity index (χ0) is 24.4. The third kappa shape index (κ3) is 2.33. The molecule has 8 nitrogen and oxygen atoms in total. The van der Waals surface area contributed by atoms with Crippen LogP contribution in [0.4, 0.5) is 5.69 Å². The highest BCUT2D eigenvalue weighted by Crippen LogP contribution is 2.70. The summed E-state index contributed by atoms with van der Waals surface area (Å²) in [6.45, 7) is 9.42. The molecule has 34 heavy (non-hydrogen) atoms. The Morgan fingerprint density at radius 2 is 1.94 bits per heavy atom. The summed E-state index contributed by atoms with van der Waals surface area (Å²) in [6.07, 6.45) is 3.40. The van der Waals surface area contributed by atoms with Crippen LogP contribution in [0.25, 0.3) is 0 Å². The Kier molecular flexibility index (Phi) is 4.36. The van der Waals surface area contributed by atoms with Gasteiger partial charge in [0.25, 0.3) is 0 Å². The molecule has 1 aromatic rings. The highest BCUT2D eigenvalue weighted by Gasteiger charge is 2.75. The van der Waals surface area contributed by atoms with Crippen LogP contribution in [0.5, 0.6) is 5.75 Å². The van der Waals surface area contributed by atoms with Gasteiger partial charge in [0, 0.05) is 24.5 Å². The number of fused-ring (bicyclic) bond motifs is 3. The first kappa shape index (κ1) is 22.5. The molecule has 1 aromatic carbocycles. The number of nitrogens with zero attached hydrogens (tertiary/aromatic N) is 3. The maximum absolute atomic E-state index is 14.7. The standard InChI is InChI=1S/C26H34N3O5/c1-23(2)12-17(30)20-18(34-5)9-8-16-21(20)28(23)22(31)26(16)13-25(29(32)33)14-27-10-6-7-15(27)11-19(25)24(26,3)4/h8-9,15,19,32H,6-7,10-14H2,1-5H3/q-1/t15-,19+,25-,26-/m1/s1. The zero-order valence-electron chi connectivity index (χ0n) is 20.7. The smallest absolute Gasteiger partial charge is 0.238 e. The Balaban J connectivity index is 1.62. The van der Waals surface area contributed by atoms with Crippen LogP contribution in [0.1, 0.15) is 75.7 Å². The number of methoxy groups -OCH3 is 1. The first-order chi connectivity index (χ1) is 15.9. The maximum atomic E-state index is 14.7. The van der Waals surface area contributed by atoms with Crippen LogP contribution in [0.2, 0.25) is 0 Å². The van der Waals surface area contributed by atoms with Crippen LogP contribution in [0, 0.1) is 16.5 Å². The first-order valence-electron chi connectivity index (χ1n) is 12.4. The van der Waals surface area contributed by atoms with Crippen molar-refractivity contribution >= 4 is 17.4 Å². The molecule has 1 N–H and O–H groups in total. The van der Waals surface area contributed by atoms with Crippen molar-refractivity contribution in [3.8, 4) is 5.75 Å². The van der Waals surface area contributed by atoms with Crippen LogP contribution in [0.15, 0.2) is 12.1 Å². The monoisotopic (exact) mass is 468 g/mol. The molecule has 1 saturated carbocycles. The minimum absolute atomic E-state index is 0.0315. The van der Waals surface area contributed by atoms with Crippen molar-refractivity contribution in [3.05, 3.63) is 28.5 Å². The second kappa shape index (κ2) is 6.60. The summed E-state index contributed by atoms with van der Waals surface area (Å²) >= 11 is 0. The fraction of sp³-hybridized carbons (Fsp3) is 0.692. The summed E-state index contributed by atoms with van der Waals surface area (Å²) in [5.41, 5.74) is -1.48. The van der Waals surface area contributed by atoms with Gasteiger partial charge >= 0.3 is 0 Å². The zero-order valence-corrected chi connectivity index (χ0v) is 20.7. The van der Waals surface area contributed by atoms with Crippen molar-refractivity contribution < 1.29 is 19.5 Å². The molecule has 4 aliphatic heterocycles. The number of carbonyl (C=O) groups excluding carboxylic acids is 2. The summed E-state index contributed by atoms with van der Waals surface area (Å²) in [6, 6.07) is 4.09. The summed E-state index contributed by atoms with van der Waals surface area (Å²) < 4.78 is 5.56. The number of piperidine rings is 1. The first-order valence-corrected chi connectivity index (χ1v) is 12.4.